The van der Waals surface area contributed by atoms with Crippen LogP contribution in [0.2, 0.25) is 0 Å². The molecule has 2 aliphatic rings. The molecule has 0 unspecified atom stereocenters. The maximum absolute atomic E-state index is 13.0. The van der Waals surface area contributed by atoms with E-state index in [4.69, 9.17) is 13.9 Å². The number of methoxy groups -OCH3 is 1. The monoisotopic (exact) mass is 427 g/mol. The molecular weight excluding hydrogens is 394 g/mol. The summed E-state index contributed by atoms with van der Waals surface area (Å²) in [5.41, 5.74) is 0.323. The van der Waals surface area contributed by atoms with Crippen molar-refractivity contribution in [2.45, 2.75) is 62.5 Å². The van der Waals surface area contributed by atoms with Crippen LogP contribution in [-0.4, -0.2) is 51.8 Å². The van der Waals surface area contributed by atoms with Crippen LogP contribution in [0.15, 0.2) is 16.7 Å². The molecule has 0 aromatic carbocycles. The maximum Gasteiger partial charge on any atom is 0.245 e. The lowest BCUT2D eigenvalue weighted by molar-refractivity contribution is -0.117. The average Bonchev–Trinajstić information content (AvgIpc) is 3.33. The fourth-order valence-electron chi connectivity index (χ4n) is 4.32. The lowest BCUT2D eigenvalue weighted by Crippen LogP contribution is -2.47. The average molecular weight is 428 g/mol. The van der Waals surface area contributed by atoms with Crippen LogP contribution < -0.4 is 5.32 Å². The third-order valence-electron chi connectivity index (χ3n) is 6.48. The molecule has 0 atom stereocenters. The summed E-state index contributed by atoms with van der Waals surface area (Å²) in [5, 5.41) is 2.75. The molecule has 1 amide bonds. The van der Waals surface area contributed by atoms with Crippen LogP contribution in [0.25, 0.3) is 0 Å². The molecule has 1 N–H and O–H groups in total. The zero-order chi connectivity index (χ0) is 21.1. The highest BCUT2D eigenvalue weighted by Gasteiger charge is 2.43. The van der Waals surface area contributed by atoms with Crippen molar-refractivity contribution in [2.24, 2.45) is 5.92 Å². The van der Waals surface area contributed by atoms with Crippen LogP contribution >= 0.6 is 0 Å². The van der Waals surface area contributed by atoms with E-state index in [2.05, 4.69) is 5.32 Å². The molecule has 1 aromatic heterocycles. The van der Waals surface area contributed by atoms with Crippen molar-refractivity contribution in [3.63, 3.8) is 0 Å². The highest BCUT2D eigenvalue weighted by Crippen LogP contribution is 2.42. The van der Waals surface area contributed by atoms with Crippen LogP contribution in [0.4, 0.5) is 5.69 Å². The van der Waals surface area contributed by atoms with E-state index in [1.807, 2.05) is 6.07 Å². The van der Waals surface area contributed by atoms with Gasteiger partial charge in [-0.05, 0) is 45.4 Å². The Morgan fingerprint density at radius 3 is 2.55 bits per heavy atom. The molecule has 0 bridgehead atoms. The largest absolute Gasteiger partial charge is 0.466 e. The number of rotatable bonds is 8. The van der Waals surface area contributed by atoms with E-state index in [1.165, 1.54) is 20.1 Å². The Balaban J connectivity index is 1.69. The van der Waals surface area contributed by atoms with Gasteiger partial charge in [0.2, 0.25) is 5.91 Å². The predicted octanol–water partition coefficient (Wildman–Crippen LogP) is 3.30. The molecule has 3 rings (SSSR count). The van der Waals surface area contributed by atoms with Crippen molar-refractivity contribution >= 4 is 21.4 Å². The van der Waals surface area contributed by atoms with Gasteiger partial charge in [-0.1, -0.05) is 12.8 Å². The van der Waals surface area contributed by atoms with E-state index in [9.17, 15) is 13.2 Å². The standard InChI is InChI=1S/C21H33NO6S/c1-20(2,29(24,25)14-16-6-10-27-11-7-16)19(23)22-17-12-18(28-13-17)21(15-26-3)8-4-5-9-21/h12-13,16H,4-11,14-15H2,1-3H3,(H,22,23). The molecule has 8 heteroatoms. The molecule has 1 saturated heterocycles. The van der Waals surface area contributed by atoms with Gasteiger partial charge in [0.1, 0.15) is 16.8 Å². The Hall–Kier alpha value is -1.38. The lowest BCUT2D eigenvalue weighted by Gasteiger charge is -2.28. The number of furan rings is 1. The Labute approximate surface area is 173 Å². The fourth-order valence-corrected chi connectivity index (χ4v) is 6.03. The highest BCUT2D eigenvalue weighted by molar-refractivity contribution is 7.93. The summed E-state index contributed by atoms with van der Waals surface area (Å²) >= 11 is 0. The molecule has 2 heterocycles. The number of amides is 1. The van der Waals surface area contributed by atoms with Crippen molar-refractivity contribution in [1.29, 1.82) is 0 Å². The van der Waals surface area contributed by atoms with Gasteiger partial charge in [0.05, 0.1) is 23.5 Å². The van der Waals surface area contributed by atoms with Gasteiger partial charge in [-0.15, -0.1) is 0 Å². The number of nitrogens with one attached hydrogen (secondary N) is 1. The Morgan fingerprint density at radius 2 is 1.93 bits per heavy atom. The van der Waals surface area contributed by atoms with Crippen molar-refractivity contribution in [2.75, 3.05) is 38.0 Å². The number of carbonyl (C=O) groups excluding carboxylic acids is 1. The highest BCUT2D eigenvalue weighted by atomic mass is 32.2. The van der Waals surface area contributed by atoms with Crippen LogP contribution in [0.3, 0.4) is 0 Å². The number of carbonyl (C=O) groups is 1. The van der Waals surface area contributed by atoms with E-state index in [-0.39, 0.29) is 17.1 Å². The topological polar surface area (TPSA) is 94.8 Å². The van der Waals surface area contributed by atoms with Gasteiger partial charge in [0.15, 0.2) is 9.84 Å². The van der Waals surface area contributed by atoms with E-state index in [0.717, 1.165) is 31.4 Å². The van der Waals surface area contributed by atoms with Crippen molar-refractivity contribution in [3.05, 3.63) is 18.1 Å². The van der Waals surface area contributed by atoms with Gasteiger partial charge >= 0.3 is 0 Å². The molecule has 164 valence electrons. The minimum Gasteiger partial charge on any atom is -0.466 e. The van der Waals surface area contributed by atoms with E-state index in [0.29, 0.717) is 38.3 Å². The zero-order valence-electron chi connectivity index (χ0n) is 17.7. The molecule has 1 aromatic rings. The molecule has 2 fully saturated rings. The van der Waals surface area contributed by atoms with E-state index in [1.54, 1.807) is 7.11 Å². The van der Waals surface area contributed by atoms with Crippen molar-refractivity contribution < 1.29 is 27.1 Å². The summed E-state index contributed by atoms with van der Waals surface area (Å²) in [6.45, 7) is 4.67. The summed E-state index contributed by atoms with van der Waals surface area (Å²) in [6.07, 6.45) is 7.10. The Kier molecular flexibility index (Phi) is 6.75. The quantitative estimate of drug-likeness (QED) is 0.684. The van der Waals surface area contributed by atoms with Gasteiger partial charge in [0.25, 0.3) is 0 Å². The maximum atomic E-state index is 13.0. The Bertz CT molecular complexity index is 801. The molecular formula is C21H33NO6S. The van der Waals surface area contributed by atoms with Crippen LogP contribution in [0, 0.1) is 5.92 Å². The first-order chi connectivity index (χ1) is 13.7. The Morgan fingerprint density at radius 1 is 1.28 bits per heavy atom. The van der Waals surface area contributed by atoms with Gasteiger partial charge < -0.3 is 19.2 Å². The first kappa shape index (κ1) is 22.3. The zero-order valence-corrected chi connectivity index (χ0v) is 18.5. The number of anilines is 1. The second kappa shape index (κ2) is 8.78. The number of hydrogen-bond acceptors (Lipinski definition) is 6. The van der Waals surface area contributed by atoms with Crippen molar-refractivity contribution in [3.8, 4) is 0 Å². The molecule has 0 radical (unpaired) electrons. The summed E-state index contributed by atoms with van der Waals surface area (Å²) in [5.74, 6) is 0.293. The molecule has 0 spiro atoms. The minimum atomic E-state index is -3.63. The summed E-state index contributed by atoms with van der Waals surface area (Å²) in [7, 11) is -1.95. The van der Waals surface area contributed by atoms with Crippen molar-refractivity contribution in [1.82, 2.24) is 0 Å². The lowest BCUT2D eigenvalue weighted by atomic mass is 9.84. The summed E-state index contributed by atoms with van der Waals surface area (Å²) in [4.78, 5) is 12.9. The SMILES string of the molecule is COCC1(c2cc(NC(=O)C(C)(C)S(=O)(=O)CC3CCOCC3)co2)CCCC1. The molecule has 29 heavy (non-hydrogen) atoms. The van der Waals surface area contributed by atoms with Crippen LogP contribution in [0.1, 0.15) is 58.1 Å². The van der Waals surface area contributed by atoms with Gasteiger partial charge in [-0.3, -0.25) is 4.79 Å². The van der Waals surface area contributed by atoms with Gasteiger partial charge in [0, 0.05) is 26.4 Å². The third kappa shape index (κ3) is 4.70. The molecule has 1 aliphatic heterocycles. The first-order valence-electron chi connectivity index (χ1n) is 10.4. The first-order valence-corrected chi connectivity index (χ1v) is 12.0. The van der Waals surface area contributed by atoms with E-state index < -0.39 is 20.5 Å². The fraction of sp³-hybridized carbons (Fsp3) is 0.762. The number of sulfone groups is 1. The van der Waals surface area contributed by atoms with Gasteiger partial charge in [-0.2, -0.15) is 0 Å². The number of ether oxygens (including phenoxy) is 2. The summed E-state index contributed by atoms with van der Waals surface area (Å²) in [6, 6.07) is 1.81. The molecule has 7 nitrogen and oxygen atoms in total. The van der Waals surface area contributed by atoms with Crippen LogP contribution in [-0.2, 0) is 29.5 Å². The second-order valence-corrected chi connectivity index (χ2v) is 11.5. The smallest absolute Gasteiger partial charge is 0.245 e. The molecule has 1 aliphatic carbocycles. The predicted molar refractivity (Wildman–Crippen MR) is 111 cm³/mol. The minimum absolute atomic E-state index is 0.00433. The molecule has 1 saturated carbocycles. The second-order valence-electron chi connectivity index (χ2n) is 8.92. The number of hydrogen-bond donors (Lipinski definition) is 1. The third-order valence-corrected chi connectivity index (χ3v) is 9.13. The normalized spacial score (nSPS) is 20.7. The summed E-state index contributed by atoms with van der Waals surface area (Å²) < 4.78 is 40.9. The van der Waals surface area contributed by atoms with Gasteiger partial charge in [-0.25, -0.2) is 8.42 Å². The van der Waals surface area contributed by atoms with Crippen LogP contribution in [0.5, 0.6) is 0 Å². The van der Waals surface area contributed by atoms with E-state index >= 15 is 0 Å².